The Balaban J connectivity index is 2.17. The Labute approximate surface area is 63.2 Å². The lowest BCUT2D eigenvalue weighted by atomic mass is 10.1. The molecule has 2 nitrogen and oxygen atoms in total. The highest BCUT2D eigenvalue weighted by atomic mass is 16.5. The molecule has 0 aromatic carbocycles. The lowest BCUT2D eigenvalue weighted by Gasteiger charge is -2.37. The van der Waals surface area contributed by atoms with Crippen molar-refractivity contribution < 1.29 is 4.74 Å². The zero-order chi connectivity index (χ0) is 7.40. The molecular weight excluding hydrogens is 126 g/mol. The van der Waals surface area contributed by atoms with Crippen LogP contribution in [-0.4, -0.2) is 37.7 Å². The molecule has 1 unspecified atom stereocenters. The summed E-state index contributed by atoms with van der Waals surface area (Å²) in [4.78, 5) is 2.49. The highest BCUT2D eigenvalue weighted by Crippen LogP contribution is 2.13. The lowest BCUT2D eigenvalue weighted by molar-refractivity contribution is 0.0493. The molecule has 1 heterocycles. The van der Waals surface area contributed by atoms with Gasteiger partial charge in [0.05, 0.1) is 6.61 Å². The van der Waals surface area contributed by atoms with Gasteiger partial charge >= 0.3 is 0 Å². The minimum Gasteiger partial charge on any atom is -0.383 e. The van der Waals surface area contributed by atoms with Crippen LogP contribution in [0.15, 0.2) is 0 Å². The van der Waals surface area contributed by atoms with Gasteiger partial charge in [-0.05, 0) is 25.9 Å². The number of methoxy groups -OCH3 is 1. The molecule has 1 saturated heterocycles. The van der Waals surface area contributed by atoms with E-state index in [0.717, 1.165) is 6.61 Å². The Hall–Kier alpha value is -0.0800. The topological polar surface area (TPSA) is 12.5 Å². The third-order valence-corrected chi connectivity index (χ3v) is 2.24. The highest BCUT2D eigenvalue weighted by molar-refractivity contribution is 4.76. The molecule has 0 radical (unpaired) electrons. The van der Waals surface area contributed by atoms with E-state index in [0.29, 0.717) is 6.04 Å². The van der Waals surface area contributed by atoms with Crippen LogP contribution in [-0.2, 0) is 4.74 Å². The van der Waals surface area contributed by atoms with Crippen LogP contribution in [0.1, 0.15) is 19.8 Å². The van der Waals surface area contributed by atoms with E-state index in [1.807, 2.05) is 0 Å². The number of ether oxygens (including phenoxy) is 1. The van der Waals surface area contributed by atoms with E-state index in [9.17, 15) is 0 Å². The first kappa shape index (κ1) is 8.02. The zero-order valence-electron chi connectivity index (χ0n) is 6.97. The summed E-state index contributed by atoms with van der Waals surface area (Å²) in [5, 5.41) is 0. The average Bonchev–Trinajstić information content (AvgIpc) is 1.83. The first-order valence-electron chi connectivity index (χ1n) is 4.11. The van der Waals surface area contributed by atoms with Crippen molar-refractivity contribution in [1.82, 2.24) is 4.90 Å². The summed E-state index contributed by atoms with van der Waals surface area (Å²) >= 11 is 0. The van der Waals surface area contributed by atoms with Crippen molar-refractivity contribution >= 4 is 0 Å². The maximum Gasteiger partial charge on any atom is 0.0617 e. The molecule has 10 heavy (non-hydrogen) atoms. The van der Waals surface area contributed by atoms with Crippen molar-refractivity contribution in [2.45, 2.75) is 25.8 Å². The molecule has 0 aliphatic carbocycles. The molecule has 1 atom stereocenters. The van der Waals surface area contributed by atoms with E-state index in [4.69, 9.17) is 4.74 Å². The van der Waals surface area contributed by atoms with Gasteiger partial charge in [0, 0.05) is 13.2 Å². The van der Waals surface area contributed by atoms with Gasteiger partial charge in [-0.2, -0.15) is 0 Å². The number of rotatable bonds is 4. The van der Waals surface area contributed by atoms with Crippen LogP contribution in [0, 0.1) is 0 Å². The third kappa shape index (κ3) is 1.70. The van der Waals surface area contributed by atoms with E-state index in [-0.39, 0.29) is 0 Å². The molecule has 0 aromatic heterocycles. The van der Waals surface area contributed by atoms with Crippen molar-refractivity contribution in [3.05, 3.63) is 0 Å². The lowest BCUT2D eigenvalue weighted by Crippen LogP contribution is -2.46. The van der Waals surface area contributed by atoms with Crippen molar-refractivity contribution in [3.8, 4) is 0 Å². The normalized spacial score (nSPS) is 22.2. The van der Waals surface area contributed by atoms with Gasteiger partial charge < -0.3 is 4.74 Å². The molecule has 1 fully saturated rings. The van der Waals surface area contributed by atoms with E-state index in [1.54, 1.807) is 7.11 Å². The van der Waals surface area contributed by atoms with Gasteiger partial charge in [-0.3, -0.25) is 4.90 Å². The van der Waals surface area contributed by atoms with E-state index in [2.05, 4.69) is 11.8 Å². The molecule has 0 amide bonds. The van der Waals surface area contributed by atoms with Crippen LogP contribution in [0.25, 0.3) is 0 Å². The second-order valence-electron chi connectivity index (χ2n) is 2.91. The first-order valence-corrected chi connectivity index (χ1v) is 4.11. The SMILES string of the molecule is CCC(COC)N1CCC1. The maximum absolute atomic E-state index is 5.11. The predicted molar refractivity (Wildman–Crippen MR) is 42.1 cm³/mol. The van der Waals surface area contributed by atoms with Gasteiger partial charge in [0.1, 0.15) is 0 Å². The fourth-order valence-electron chi connectivity index (χ4n) is 1.38. The largest absolute Gasteiger partial charge is 0.383 e. The minimum atomic E-state index is 0.679. The molecule has 0 N–H and O–H groups in total. The highest BCUT2D eigenvalue weighted by Gasteiger charge is 2.21. The summed E-state index contributed by atoms with van der Waals surface area (Å²) in [6.45, 7) is 5.68. The zero-order valence-corrected chi connectivity index (χ0v) is 6.97. The fraction of sp³-hybridized carbons (Fsp3) is 1.00. The first-order chi connectivity index (χ1) is 4.88. The molecule has 0 saturated carbocycles. The molecule has 1 rings (SSSR count). The Kier molecular flexibility index (Phi) is 3.16. The number of hydrogen-bond donors (Lipinski definition) is 0. The fourth-order valence-corrected chi connectivity index (χ4v) is 1.38. The third-order valence-electron chi connectivity index (χ3n) is 2.24. The molecule has 60 valence electrons. The van der Waals surface area contributed by atoms with Gasteiger partial charge in [0.25, 0.3) is 0 Å². The Bertz CT molecular complexity index is 91.3. The summed E-state index contributed by atoms with van der Waals surface area (Å²) in [6, 6.07) is 0.679. The van der Waals surface area contributed by atoms with E-state index >= 15 is 0 Å². The molecule has 1 aliphatic heterocycles. The van der Waals surface area contributed by atoms with E-state index in [1.165, 1.54) is 25.9 Å². The Morgan fingerprint density at radius 1 is 1.50 bits per heavy atom. The minimum absolute atomic E-state index is 0.679. The van der Waals surface area contributed by atoms with Crippen molar-refractivity contribution in [2.24, 2.45) is 0 Å². The Morgan fingerprint density at radius 2 is 2.20 bits per heavy atom. The average molecular weight is 143 g/mol. The van der Waals surface area contributed by atoms with Crippen molar-refractivity contribution in [2.75, 3.05) is 26.8 Å². The van der Waals surface area contributed by atoms with Crippen LogP contribution >= 0.6 is 0 Å². The van der Waals surface area contributed by atoms with Crippen molar-refractivity contribution in [3.63, 3.8) is 0 Å². The van der Waals surface area contributed by atoms with Gasteiger partial charge in [0.2, 0.25) is 0 Å². The van der Waals surface area contributed by atoms with Crippen LogP contribution < -0.4 is 0 Å². The number of likely N-dealkylation sites (tertiary alicyclic amines) is 1. The van der Waals surface area contributed by atoms with E-state index < -0.39 is 0 Å². The summed E-state index contributed by atoms with van der Waals surface area (Å²) < 4.78 is 5.11. The molecule has 1 aliphatic rings. The second-order valence-corrected chi connectivity index (χ2v) is 2.91. The second kappa shape index (κ2) is 3.94. The van der Waals surface area contributed by atoms with Crippen LogP contribution in [0.4, 0.5) is 0 Å². The summed E-state index contributed by atoms with van der Waals surface area (Å²) in [5.41, 5.74) is 0. The molecule has 2 heteroatoms. The number of hydrogen-bond acceptors (Lipinski definition) is 2. The standard InChI is InChI=1S/C8H17NO/c1-3-8(7-10-2)9-5-4-6-9/h8H,3-7H2,1-2H3. The quantitative estimate of drug-likeness (QED) is 0.584. The van der Waals surface area contributed by atoms with Gasteiger partial charge in [0.15, 0.2) is 0 Å². The predicted octanol–water partition coefficient (Wildman–Crippen LogP) is 1.12. The summed E-state index contributed by atoms with van der Waals surface area (Å²) in [7, 11) is 1.78. The van der Waals surface area contributed by atoms with Gasteiger partial charge in [-0.1, -0.05) is 6.92 Å². The summed E-state index contributed by atoms with van der Waals surface area (Å²) in [5.74, 6) is 0. The monoisotopic (exact) mass is 143 g/mol. The Morgan fingerprint density at radius 3 is 2.50 bits per heavy atom. The molecule has 0 aromatic rings. The molecular formula is C8H17NO. The van der Waals surface area contributed by atoms with Crippen LogP contribution in [0.2, 0.25) is 0 Å². The van der Waals surface area contributed by atoms with Gasteiger partial charge in [-0.25, -0.2) is 0 Å². The number of nitrogens with zero attached hydrogens (tertiary/aromatic N) is 1. The van der Waals surface area contributed by atoms with Crippen LogP contribution in [0.5, 0.6) is 0 Å². The summed E-state index contributed by atoms with van der Waals surface area (Å²) in [6.07, 6.45) is 2.59. The smallest absolute Gasteiger partial charge is 0.0617 e. The molecule has 0 bridgehead atoms. The molecule has 0 spiro atoms. The van der Waals surface area contributed by atoms with Gasteiger partial charge in [-0.15, -0.1) is 0 Å². The van der Waals surface area contributed by atoms with Crippen LogP contribution in [0.3, 0.4) is 0 Å². The van der Waals surface area contributed by atoms with Crippen molar-refractivity contribution in [1.29, 1.82) is 0 Å². The maximum atomic E-state index is 5.11.